The first-order valence-electron chi connectivity index (χ1n) is 6.62. The van der Waals surface area contributed by atoms with Gasteiger partial charge in [-0.1, -0.05) is 12.1 Å². The molecule has 0 fully saturated rings. The van der Waals surface area contributed by atoms with Crippen LogP contribution in [0.4, 0.5) is 5.69 Å². The van der Waals surface area contributed by atoms with E-state index in [2.05, 4.69) is 10.6 Å². The summed E-state index contributed by atoms with van der Waals surface area (Å²) >= 11 is 0. The molecule has 1 aromatic carbocycles. The largest absolute Gasteiger partial charge is 0.497 e. The van der Waals surface area contributed by atoms with Gasteiger partial charge in [0, 0.05) is 12.7 Å². The molecule has 1 amide bonds. The molecular formula is C15H20N2O2. The van der Waals surface area contributed by atoms with Gasteiger partial charge in [0.1, 0.15) is 6.10 Å². The van der Waals surface area contributed by atoms with Crippen LogP contribution in [0.1, 0.15) is 18.4 Å². The van der Waals surface area contributed by atoms with Gasteiger partial charge in [0.2, 0.25) is 5.91 Å². The number of carbonyl (C=O) groups excluding carboxylic acids is 1. The number of carbonyl (C=O) groups is 1. The second-order valence-electron chi connectivity index (χ2n) is 4.64. The predicted octanol–water partition coefficient (Wildman–Crippen LogP) is 2.08. The van der Waals surface area contributed by atoms with E-state index in [1.165, 1.54) is 0 Å². The van der Waals surface area contributed by atoms with E-state index in [9.17, 15) is 4.79 Å². The Morgan fingerprint density at radius 1 is 1.37 bits per heavy atom. The number of allylic oxidation sites excluding steroid dienone is 1. The molecule has 4 heteroatoms. The molecule has 0 spiro atoms. The molecule has 1 aliphatic rings. The highest BCUT2D eigenvalue weighted by Gasteiger charge is 2.10. The second kappa shape index (κ2) is 6.83. The van der Waals surface area contributed by atoms with Crippen LogP contribution in [0.2, 0.25) is 0 Å². The highest BCUT2D eigenvalue weighted by Crippen LogP contribution is 2.13. The lowest BCUT2D eigenvalue weighted by molar-refractivity contribution is -0.119. The van der Waals surface area contributed by atoms with E-state index in [0.29, 0.717) is 6.42 Å². The molecule has 1 aliphatic heterocycles. The average molecular weight is 260 g/mol. The number of hydrogen-bond donors (Lipinski definition) is 2. The molecule has 19 heavy (non-hydrogen) atoms. The van der Waals surface area contributed by atoms with E-state index >= 15 is 0 Å². The van der Waals surface area contributed by atoms with E-state index in [-0.39, 0.29) is 12.0 Å². The fraction of sp³-hybridized carbons (Fsp3) is 0.400. The van der Waals surface area contributed by atoms with Crippen LogP contribution < -0.4 is 10.6 Å². The maximum Gasteiger partial charge on any atom is 0.224 e. The van der Waals surface area contributed by atoms with Crippen molar-refractivity contribution in [3.05, 3.63) is 42.2 Å². The predicted molar refractivity (Wildman–Crippen MR) is 75.9 cm³/mol. The van der Waals surface area contributed by atoms with Crippen molar-refractivity contribution in [2.75, 3.05) is 18.9 Å². The summed E-state index contributed by atoms with van der Waals surface area (Å²) in [6.07, 6.45) is 6.63. The van der Waals surface area contributed by atoms with Crippen molar-refractivity contribution in [3.63, 3.8) is 0 Å². The monoisotopic (exact) mass is 260 g/mol. The minimum Gasteiger partial charge on any atom is -0.497 e. The minimum absolute atomic E-state index is 0.0306. The van der Waals surface area contributed by atoms with E-state index in [1.807, 2.05) is 30.3 Å². The van der Waals surface area contributed by atoms with Crippen molar-refractivity contribution < 1.29 is 9.53 Å². The third-order valence-electron chi connectivity index (χ3n) is 3.15. The van der Waals surface area contributed by atoms with Crippen LogP contribution in [0.3, 0.4) is 0 Å². The van der Waals surface area contributed by atoms with Crippen LogP contribution in [0.5, 0.6) is 0 Å². The Labute approximate surface area is 113 Å². The summed E-state index contributed by atoms with van der Waals surface area (Å²) in [7, 11) is 1.65. The molecule has 0 aromatic heterocycles. The molecule has 0 saturated heterocycles. The van der Waals surface area contributed by atoms with E-state index < -0.39 is 0 Å². The van der Waals surface area contributed by atoms with E-state index in [4.69, 9.17) is 4.74 Å². The number of benzene rings is 1. The maximum absolute atomic E-state index is 11.2. The molecule has 2 rings (SSSR count). The number of anilines is 1. The Balaban J connectivity index is 1.81. The Morgan fingerprint density at radius 2 is 2.16 bits per heavy atom. The first-order chi connectivity index (χ1) is 9.28. The topological polar surface area (TPSA) is 50.4 Å². The zero-order valence-electron chi connectivity index (χ0n) is 11.2. The van der Waals surface area contributed by atoms with Gasteiger partial charge in [-0.05, 0) is 36.6 Å². The van der Waals surface area contributed by atoms with Gasteiger partial charge in [0.25, 0.3) is 0 Å². The van der Waals surface area contributed by atoms with E-state index in [0.717, 1.165) is 30.6 Å². The second-order valence-corrected chi connectivity index (χ2v) is 4.64. The van der Waals surface area contributed by atoms with E-state index in [1.54, 1.807) is 13.3 Å². The van der Waals surface area contributed by atoms with Crippen LogP contribution in [-0.2, 0) is 16.0 Å². The number of amides is 1. The summed E-state index contributed by atoms with van der Waals surface area (Å²) in [5.74, 6) is 0.0306. The third-order valence-corrected chi connectivity index (χ3v) is 3.15. The molecule has 1 heterocycles. The summed E-state index contributed by atoms with van der Waals surface area (Å²) in [6.45, 7) is 0.805. The molecule has 1 aromatic rings. The first-order valence-corrected chi connectivity index (χ1v) is 6.62. The lowest BCUT2D eigenvalue weighted by Gasteiger charge is -2.20. The lowest BCUT2D eigenvalue weighted by Crippen LogP contribution is -2.23. The van der Waals surface area contributed by atoms with Gasteiger partial charge in [0.05, 0.1) is 19.2 Å². The quantitative estimate of drug-likeness (QED) is 0.852. The minimum atomic E-state index is 0.0306. The number of hydrogen-bond acceptors (Lipinski definition) is 3. The summed E-state index contributed by atoms with van der Waals surface area (Å²) in [5, 5.41) is 5.97. The highest BCUT2D eigenvalue weighted by molar-refractivity contribution is 5.78. The SMILES string of the molecule is CNC(=O)Cc1ccc(NCC2CCC=CO2)cc1. The van der Waals surface area contributed by atoms with Crippen molar-refractivity contribution in [1.82, 2.24) is 5.32 Å². The molecule has 1 unspecified atom stereocenters. The maximum atomic E-state index is 11.2. The van der Waals surface area contributed by atoms with Crippen LogP contribution >= 0.6 is 0 Å². The van der Waals surface area contributed by atoms with Gasteiger partial charge in [-0.2, -0.15) is 0 Å². The first kappa shape index (κ1) is 13.5. The summed E-state index contributed by atoms with van der Waals surface area (Å²) in [4.78, 5) is 11.2. The molecule has 0 radical (unpaired) electrons. The van der Waals surface area contributed by atoms with Crippen molar-refractivity contribution in [2.45, 2.75) is 25.4 Å². The number of likely N-dealkylation sites (N-methyl/N-ethyl adjacent to an activating group) is 1. The van der Waals surface area contributed by atoms with Crippen LogP contribution in [0.15, 0.2) is 36.6 Å². The molecule has 1 atom stereocenters. The highest BCUT2D eigenvalue weighted by atomic mass is 16.5. The van der Waals surface area contributed by atoms with Gasteiger partial charge in [-0.25, -0.2) is 0 Å². The molecule has 102 valence electrons. The Morgan fingerprint density at radius 3 is 2.79 bits per heavy atom. The standard InChI is InChI=1S/C15H20N2O2/c1-16-15(18)10-12-5-7-13(8-6-12)17-11-14-4-2-3-9-19-14/h3,5-9,14,17H,2,4,10-11H2,1H3,(H,16,18). The molecule has 2 N–H and O–H groups in total. The van der Waals surface area contributed by atoms with Gasteiger partial charge in [-0.3, -0.25) is 4.79 Å². The normalized spacial score (nSPS) is 17.6. The molecule has 0 aliphatic carbocycles. The number of ether oxygens (including phenoxy) is 1. The average Bonchev–Trinajstić information content (AvgIpc) is 2.47. The van der Waals surface area contributed by atoms with Gasteiger partial charge >= 0.3 is 0 Å². The Kier molecular flexibility index (Phi) is 4.84. The molecule has 4 nitrogen and oxygen atoms in total. The zero-order valence-corrected chi connectivity index (χ0v) is 11.2. The smallest absolute Gasteiger partial charge is 0.224 e. The molecule has 0 bridgehead atoms. The van der Waals surface area contributed by atoms with Crippen LogP contribution in [0, 0.1) is 0 Å². The van der Waals surface area contributed by atoms with Crippen LogP contribution in [-0.4, -0.2) is 25.6 Å². The molecule has 0 saturated carbocycles. The molecular weight excluding hydrogens is 240 g/mol. The fourth-order valence-corrected chi connectivity index (χ4v) is 1.98. The zero-order chi connectivity index (χ0) is 13.5. The summed E-state index contributed by atoms with van der Waals surface area (Å²) in [6, 6.07) is 7.94. The number of nitrogens with one attached hydrogen (secondary N) is 2. The third kappa shape index (κ3) is 4.32. The van der Waals surface area contributed by atoms with Gasteiger partial charge in [-0.15, -0.1) is 0 Å². The number of rotatable bonds is 5. The van der Waals surface area contributed by atoms with Gasteiger partial charge < -0.3 is 15.4 Å². The van der Waals surface area contributed by atoms with Crippen molar-refractivity contribution >= 4 is 11.6 Å². The Bertz CT molecular complexity index is 440. The Hall–Kier alpha value is -1.97. The van der Waals surface area contributed by atoms with Crippen molar-refractivity contribution in [3.8, 4) is 0 Å². The fourth-order valence-electron chi connectivity index (χ4n) is 1.98. The summed E-state index contributed by atoms with van der Waals surface area (Å²) in [5.41, 5.74) is 2.07. The van der Waals surface area contributed by atoms with Gasteiger partial charge in [0.15, 0.2) is 0 Å². The van der Waals surface area contributed by atoms with Crippen molar-refractivity contribution in [2.24, 2.45) is 0 Å². The lowest BCUT2D eigenvalue weighted by atomic mass is 10.1. The van der Waals surface area contributed by atoms with Crippen molar-refractivity contribution in [1.29, 1.82) is 0 Å². The van der Waals surface area contributed by atoms with Crippen LogP contribution in [0.25, 0.3) is 0 Å². The summed E-state index contributed by atoms with van der Waals surface area (Å²) < 4.78 is 5.49.